The van der Waals surface area contributed by atoms with Crippen LogP contribution in [0, 0.1) is 11.7 Å². The molecule has 3 aliphatic rings. The van der Waals surface area contributed by atoms with E-state index in [0.717, 1.165) is 38.5 Å². The fraction of sp³-hybridized carbons (Fsp3) is 0.517. The Balaban J connectivity index is 1.36. The SMILES string of the molecule is CC1(C)C[C@@H](C(=O)N[C@@H]2CC[C@@H](Oc3cccc(C(=O)O)c3-c3cccc(F)c3C3CCC3)C2)CN1. The fourth-order valence-electron chi connectivity index (χ4n) is 5.97. The van der Waals surface area contributed by atoms with E-state index in [9.17, 15) is 19.1 Å². The summed E-state index contributed by atoms with van der Waals surface area (Å²) in [7, 11) is 0. The van der Waals surface area contributed by atoms with Gasteiger partial charge >= 0.3 is 5.97 Å². The van der Waals surface area contributed by atoms with E-state index in [2.05, 4.69) is 24.5 Å². The number of hydrogen-bond acceptors (Lipinski definition) is 4. The average Bonchev–Trinajstić information content (AvgIpc) is 3.39. The van der Waals surface area contributed by atoms with Gasteiger partial charge in [-0.3, -0.25) is 4.79 Å². The molecule has 5 rings (SSSR count). The zero-order valence-corrected chi connectivity index (χ0v) is 21.0. The summed E-state index contributed by atoms with van der Waals surface area (Å²) >= 11 is 0. The van der Waals surface area contributed by atoms with Crippen LogP contribution in [0.5, 0.6) is 5.75 Å². The molecule has 36 heavy (non-hydrogen) atoms. The van der Waals surface area contributed by atoms with Gasteiger partial charge in [-0.25, -0.2) is 9.18 Å². The van der Waals surface area contributed by atoms with Gasteiger partial charge in [-0.2, -0.15) is 0 Å². The third-order valence-electron chi connectivity index (χ3n) is 8.07. The van der Waals surface area contributed by atoms with Crippen LogP contribution in [0.15, 0.2) is 36.4 Å². The monoisotopic (exact) mass is 494 g/mol. The smallest absolute Gasteiger partial charge is 0.336 e. The van der Waals surface area contributed by atoms with Crippen molar-refractivity contribution in [3.63, 3.8) is 0 Å². The number of benzene rings is 2. The van der Waals surface area contributed by atoms with E-state index in [0.29, 0.717) is 35.4 Å². The van der Waals surface area contributed by atoms with Crippen molar-refractivity contribution in [2.75, 3.05) is 6.54 Å². The zero-order chi connectivity index (χ0) is 25.4. The number of amides is 1. The van der Waals surface area contributed by atoms with Gasteiger partial charge in [0.25, 0.3) is 0 Å². The van der Waals surface area contributed by atoms with Crippen molar-refractivity contribution in [2.45, 2.75) is 82.4 Å². The predicted molar refractivity (Wildman–Crippen MR) is 136 cm³/mol. The maximum absolute atomic E-state index is 15.0. The van der Waals surface area contributed by atoms with E-state index < -0.39 is 5.97 Å². The largest absolute Gasteiger partial charge is 0.490 e. The lowest BCUT2D eigenvalue weighted by Gasteiger charge is -2.29. The van der Waals surface area contributed by atoms with Gasteiger partial charge < -0.3 is 20.5 Å². The highest BCUT2D eigenvalue weighted by Gasteiger charge is 2.37. The number of ether oxygens (including phenoxy) is 1. The molecule has 1 heterocycles. The molecule has 3 atom stereocenters. The van der Waals surface area contributed by atoms with Crippen LogP contribution < -0.4 is 15.4 Å². The Bertz CT molecular complexity index is 1160. The van der Waals surface area contributed by atoms with Crippen molar-refractivity contribution >= 4 is 11.9 Å². The molecule has 2 saturated carbocycles. The second-order valence-electron chi connectivity index (χ2n) is 11.2. The number of carbonyl (C=O) groups is 2. The van der Waals surface area contributed by atoms with Crippen LogP contribution in [0.25, 0.3) is 11.1 Å². The lowest BCUT2D eigenvalue weighted by molar-refractivity contribution is -0.125. The second kappa shape index (κ2) is 9.85. The molecule has 0 unspecified atom stereocenters. The molecule has 1 saturated heterocycles. The molecule has 0 bridgehead atoms. The molecule has 1 aliphatic heterocycles. The lowest BCUT2D eigenvalue weighted by atomic mass is 9.76. The average molecular weight is 495 g/mol. The molecule has 2 aromatic rings. The Labute approximate surface area is 211 Å². The summed E-state index contributed by atoms with van der Waals surface area (Å²) in [6.07, 6.45) is 5.73. The summed E-state index contributed by atoms with van der Waals surface area (Å²) in [5.74, 6) is -0.758. The summed E-state index contributed by atoms with van der Waals surface area (Å²) < 4.78 is 21.4. The number of rotatable bonds is 7. The quantitative estimate of drug-likeness (QED) is 0.489. The molecule has 2 aliphatic carbocycles. The van der Waals surface area contributed by atoms with E-state index in [-0.39, 0.29) is 46.8 Å². The standard InChI is InChI=1S/C29H35FN2O4/c1-29(2)15-18(16-31-29)27(33)32-19-12-13-20(14-19)36-24-11-5-9-22(28(34)35)26(24)21-8-4-10-23(30)25(21)17-6-3-7-17/h4-5,8-11,17-20,31H,3,6-7,12-16H2,1-2H3,(H,32,33)(H,34,35)/t18-,19-,20-/m1/s1. The fourth-order valence-corrected chi connectivity index (χ4v) is 5.97. The number of hydrogen-bond donors (Lipinski definition) is 3. The number of carbonyl (C=O) groups excluding carboxylic acids is 1. The van der Waals surface area contributed by atoms with Gasteiger partial charge in [0.1, 0.15) is 17.7 Å². The summed E-state index contributed by atoms with van der Waals surface area (Å²) in [6, 6.07) is 9.91. The first-order valence-electron chi connectivity index (χ1n) is 13.1. The second-order valence-corrected chi connectivity index (χ2v) is 11.2. The van der Waals surface area contributed by atoms with Crippen LogP contribution in [0.2, 0.25) is 0 Å². The highest BCUT2D eigenvalue weighted by molar-refractivity contribution is 5.98. The van der Waals surface area contributed by atoms with Crippen LogP contribution in [0.4, 0.5) is 4.39 Å². The number of aromatic carboxylic acids is 1. The molecule has 0 spiro atoms. The normalized spacial score (nSPS) is 25.4. The Morgan fingerprint density at radius 2 is 1.89 bits per heavy atom. The highest BCUT2D eigenvalue weighted by atomic mass is 19.1. The van der Waals surface area contributed by atoms with Gasteiger partial charge in [0.05, 0.1) is 11.5 Å². The van der Waals surface area contributed by atoms with Crippen LogP contribution in [-0.2, 0) is 4.79 Å². The molecule has 6 nitrogen and oxygen atoms in total. The summed E-state index contributed by atoms with van der Waals surface area (Å²) in [4.78, 5) is 25.0. The van der Waals surface area contributed by atoms with E-state index >= 15 is 0 Å². The molecule has 3 N–H and O–H groups in total. The first-order chi connectivity index (χ1) is 17.2. The van der Waals surface area contributed by atoms with Crippen molar-refractivity contribution in [3.05, 3.63) is 53.3 Å². The van der Waals surface area contributed by atoms with Gasteiger partial charge in [-0.15, -0.1) is 0 Å². The maximum atomic E-state index is 15.0. The van der Waals surface area contributed by atoms with Gasteiger partial charge in [-0.05, 0) is 81.2 Å². The molecule has 0 radical (unpaired) electrons. The van der Waals surface area contributed by atoms with Crippen molar-refractivity contribution in [1.82, 2.24) is 10.6 Å². The van der Waals surface area contributed by atoms with Crippen LogP contribution in [0.1, 0.15) is 80.6 Å². The van der Waals surface area contributed by atoms with Crippen molar-refractivity contribution in [3.8, 4) is 16.9 Å². The minimum Gasteiger partial charge on any atom is -0.490 e. The first-order valence-corrected chi connectivity index (χ1v) is 13.1. The van der Waals surface area contributed by atoms with E-state index in [1.54, 1.807) is 30.3 Å². The van der Waals surface area contributed by atoms with Gasteiger partial charge in [-0.1, -0.05) is 24.6 Å². The van der Waals surface area contributed by atoms with Crippen LogP contribution in [0.3, 0.4) is 0 Å². The minimum absolute atomic E-state index is 0.0237. The Kier molecular flexibility index (Phi) is 6.77. The van der Waals surface area contributed by atoms with Crippen molar-refractivity contribution in [1.29, 1.82) is 0 Å². The minimum atomic E-state index is -1.07. The number of carboxylic acid groups (broad SMARTS) is 1. The molecule has 0 aromatic heterocycles. The Morgan fingerprint density at radius 1 is 1.11 bits per heavy atom. The number of nitrogens with one attached hydrogen (secondary N) is 2. The first kappa shape index (κ1) is 24.8. The summed E-state index contributed by atoms with van der Waals surface area (Å²) in [6.45, 7) is 4.91. The molecule has 192 valence electrons. The summed E-state index contributed by atoms with van der Waals surface area (Å²) in [5.41, 5.74) is 1.72. The van der Waals surface area contributed by atoms with E-state index in [1.165, 1.54) is 6.07 Å². The van der Waals surface area contributed by atoms with Crippen molar-refractivity contribution < 1.29 is 23.8 Å². The third kappa shape index (κ3) is 4.99. The molecule has 2 aromatic carbocycles. The topological polar surface area (TPSA) is 87.7 Å². The molecular weight excluding hydrogens is 459 g/mol. The molecule has 3 fully saturated rings. The summed E-state index contributed by atoms with van der Waals surface area (Å²) in [5, 5.41) is 16.6. The van der Waals surface area contributed by atoms with E-state index in [4.69, 9.17) is 4.74 Å². The Morgan fingerprint density at radius 3 is 2.56 bits per heavy atom. The number of carboxylic acids is 1. The maximum Gasteiger partial charge on any atom is 0.336 e. The van der Waals surface area contributed by atoms with E-state index in [1.807, 2.05) is 0 Å². The van der Waals surface area contributed by atoms with Gasteiger partial charge in [0.15, 0.2) is 0 Å². The van der Waals surface area contributed by atoms with Crippen LogP contribution in [-0.4, -0.2) is 41.2 Å². The zero-order valence-electron chi connectivity index (χ0n) is 21.0. The third-order valence-corrected chi connectivity index (χ3v) is 8.07. The predicted octanol–water partition coefficient (Wildman–Crippen LogP) is 5.26. The van der Waals surface area contributed by atoms with Gasteiger partial charge in [0, 0.05) is 30.1 Å². The van der Waals surface area contributed by atoms with Crippen molar-refractivity contribution in [2.24, 2.45) is 5.92 Å². The molecule has 1 amide bonds. The Hall–Kier alpha value is -2.93. The molecular formula is C29H35FN2O4. The highest BCUT2D eigenvalue weighted by Crippen LogP contribution is 2.46. The molecule has 7 heteroatoms. The lowest BCUT2D eigenvalue weighted by Crippen LogP contribution is -2.38. The van der Waals surface area contributed by atoms with Crippen LogP contribution >= 0.6 is 0 Å². The number of halogens is 1. The van der Waals surface area contributed by atoms with Gasteiger partial charge in [0.2, 0.25) is 5.91 Å².